The molecule has 14 heavy (non-hydrogen) atoms. The molecule has 0 saturated heterocycles. The second kappa shape index (κ2) is 3.37. The summed E-state index contributed by atoms with van der Waals surface area (Å²) >= 11 is 0. The van der Waals surface area contributed by atoms with Gasteiger partial charge in [0.15, 0.2) is 0 Å². The van der Waals surface area contributed by atoms with Crippen molar-refractivity contribution in [1.82, 2.24) is 4.98 Å². The lowest BCUT2D eigenvalue weighted by Gasteiger charge is -2.08. The van der Waals surface area contributed by atoms with Crippen LogP contribution in [0.1, 0.15) is 25.3 Å². The third-order valence-corrected chi connectivity index (χ3v) is 2.37. The number of hydrogen-bond donors (Lipinski definition) is 0. The molecule has 0 bridgehead atoms. The molecule has 0 spiro atoms. The first kappa shape index (κ1) is 9.13. The Morgan fingerprint density at radius 2 is 2.00 bits per heavy atom. The quantitative estimate of drug-likeness (QED) is 0.669. The molecule has 0 atom stereocenters. The van der Waals surface area contributed by atoms with Crippen molar-refractivity contribution in [2.24, 2.45) is 0 Å². The Kier molecular flexibility index (Phi) is 2.20. The fourth-order valence-electron chi connectivity index (χ4n) is 1.63. The third kappa shape index (κ3) is 1.48. The summed E-state index contributed by atoms with van der Waals surface area (Å²) in [5, 5.41) is 1.97. The van der Waals surface area contributed by atoms with Crippen molar-refractivity contribution in [3.63, 3.8) is 0 Å². The van der Waals surface area contributed by atoms with Gasteiger partial charge >= 0.3 is 0 Å². The lowest BCUT2D eigenvalue weighted by molar-refractivity contribution is 0.629. The zero-order chi connectivity index (χ0) is 10.1. The topological polar surface area (TPSA) is 12.9 Å². The van der Waals surface area contributed by atoms with Gasteiger partial charge in [0.1, 0.15) is 5.82 Å². The van der Waals surface area contributed by atoms with Gasteiger partial charge in [0.05, 0.1) is 0 Å². The molecule has 0 aliphatic heterocycles. The van der Waals surface area contributed by atoms with Crippen LogP contribution in [0.3, 0.4) is 0 Å². The minimum absolute atomic E-state index is 0.208. The van der Waals surface area contributed by atoms with Crippen molar-refractivity contribution in [2.75, 3.05) is 0 Å². The molecule has 0 fully saturated rings. The Hall–Kier alpha value is -1.44. The van der Waals surface area contributed by atoms with Crippen LogP contribution in [0.5, 0.6) is 0 Å². The van der Waals surface area contributed by atoms with E-state index in [1.54, 1.807) is 6.20 Å². The van der Waals surface area contributed by atoms with Crippen LogP contribution in [0.4, 0.5) is 4.39 Å². The molecule has 72 valence electrons. The molecule has 0 aliphatic carbocycles. The van der Waals surface area contributed by atoms with E-state index >= 15 is 0 Å². The largest absolute Gasteiger partial charge is 0.264 e. The summed E-state index contributed by atoms with van der Waals surface area (Å²) in [7, 11) is 0. The van der Waals surface area contributed by atoms with Crippen molar-refractivity contribution in [2.45, 2.75) is 19.8 Å². The van der Waals surface area contributed by atoms with Crippen molar-refractivity contribution in [3.8, 4) is 0 Å². The van der Waals surface area contributed by atoms with Crippen LogP contribution >= 0.6 is 0 Å². The Labute approximate surface area is 82.6 Å². The minimum atomic E-state index is -0.208. The smallest absolute Gasteiger partial charge is 0.123 e. The third-order valence-electron chi connectivity index (χ3n) is 2.37. The lowest BCUT2D eigenvalue weighted by Crippen LogP contribution is -1.91. The van der Waals surface area contributed by atoms with Gasteiger partial charge in [0, 0.05) is 17.8 Å². The molecule has 0 amide bonds. The summed E-state index contributed by atoms with van der Waals surface area (Å²) in [6, 6.07) is 4.84. The van der Waals surface area contributed by atoms with Gasteiger partial charge < -0.3 is 0 Å². The molecule has 0 N–H and O–H groups in total. The maximum Gasteiger partial charge on any atom is 0.123 e. The maximum absolute atomic E-state index is 12.9. The standard InChI is InChI=1S/C12H12FN/c1-8(2)12-7-14-6-9-5-10(13)3-4-11(9)12/h3-8H,1-2H3. The van der Waals surface area contributed by atoms with Crippen LogP contribution in [-0.2, 0) is 0 Å². The zero-order valence-electron chi connectivity index (χ0n) is 8.29. The van der Waals surface area contributed by atoms with Crippen LogP contribution in [0, 0.1) is 5.82 Å². The Bertz CT molecular complexity index is 463. The van der Waals surface area contributed by atoms with E-state index in [0.29, 0.717) is 5.92 Å². The van der Waals surface area contributed by atoms with Gasteiger partial charge in [-0.05, 0) is 29.0 Å². The fourth-order valence-corrected chi connectivity index (χ4v) is 1.63. The maximum atomic E-state index is 12.9. The number of rotatable bonds is 1. The van der Waals surface area contributed by atoms with Gasteiger partial charge in [-0.15, -0.1) is 0 Å². The van der Waals surface area contributed by atoms with E-state index in [2.05, 4.69) is 18.8 Å². The first-order chi connectivity index (χ1) is 6.68. The first-order valence-electron chi connectivity index (χ1n) is 4.71. The van der Waals surface area contributed by atoms with Crippen molar-refractivity contribution >= 4 is 10.8 Å². The number of hydrogen-bond acceptors (Lipinski definition) is 1. The summed E-state index contributed by atoms with van der Waals surface area (Å²) < 4.78 is 12.9. The van der Waals surface area contributed by atoms with Crippen LogP contribution in [0.15, 0.2) is 30.6 Å². The monoisotopic (exact) mass is 189 g/mol. The molecule has 1 heterocycles. The number of fused-ring (bicyclic) bond motifs is 1. The van der Waals surface area contributed by atoms with Gasteiger partial charge in [-0.25, -0.2) is 4.39 Å². The molecule has 1 nitrogen and oxygen atoms in total. The second-order valence-electron chi connectivity index (χ2n) is 3.75. The van der Waals surface area contributed by atoms with Crippen molar-refractivity contribution < 1.29 is 4.39 Å². The predicted octanol–water partition coefficient (Wildman–Crippen LogP) is 3.50. The first-order valence-corrected chi connectivity index (χ1v) is 4.71. The number of halogens is 1. The van der Waals surface area contributed by atoms with Crippen LogP contribution < -0.4 is 0 Å². The number of pyridine rings is 1. The van der Waals surface area contributed by atoms with Gasteiger partial charge in [-0.3, -0.25) is 4.98 Å². The van der Waals surface area contributed by atoms with Crippen molar-refractivity contribution in [1.29, 1.82) is 0 Å². The van der Waals surface area contributed by atoms with Crippen LogP contribution in [0.2, 0.25) is 0 Å². The highest BCUT2D eigenvalue weighted by Crippen LogP contribution is 2.24. The predicted molar refractivity (Wildman–Crippen MR) is 55.8 cm³/mol. The van der Waals surface area contributed by atoms with E-state index in [-0.39, 0.29) is 5.82 Å². The van der Waals surface area contributed by atoms with E-state index in [9.17, 15) is 4.39 Å². The van der Waals surface area contributed by atoms with Gasteiger partial charge in [-0.1, -0.05) is 19.9 Å². The molecule has 2 aromatic rings. The Morgan fingerprint density at radius 3 is 2.71 bits per heavy atom. The SMILES string of the molecule is CC(C)c1cncc2cc(F)ccc12. The molecule has 2 heteroatoms. The molecular weight excluding hydrogens is 177 g/mol. The highest BCUT2D eigenvalue weighted by molar-refractivity contribution is 5.85. The van der Waals surface area contributed by atoms with Gasteiger partial charge in [0.2, 0.25) is 0 Å². The molecule has 1 aromatic carbocycles. The summed E-state index contributed by atoms with van der Waals surface area (Å²) in [5.74, 6) is 0.205. The lowest BCUT2D eigenvalue weighted by atomic mass is 9.99. The average molecular weight is 189 g/mol. The fraction of sp³-hybridized carbons (Fsp3) is 0.250. The molecule has 1 aromatic heterocycles. The zero-order valence-corrected chi connectivity index (χ0v) is 8.29. The van der Waals surface area contributed by atoms with Gasteiger partial charge in [0.25, 0.3) is 0 Å². The molecule has 0 saturated carbocycles. The Balaban J connectivity index is 2.75. The van der Waals surface area contributed by atoms with E-state index in [1.165, 1.54) is 17.7 Å². The summed E-state index contributed by atoms with van der Waals surface area (Å²) in [4.78, 5) is 4.11. The van der Waals surface area contributed by atoms with E-state index < -0.39 is 0 Å². The van der Waals surface area contributed by atoms with E-state index in [4.69, 9.17) is 0 Å². The molecular formula is C12H12FN. The number of aromatic nitrogens is 1. The molecule has 0 aliphatic rings. The molecule has 2 rings (SSSR count). The molecule has 0 unspecified atom stereocenters. The van der Waals surface area contributed by atoms with E-state index in [1.807, 2.05) is 12.3 Å². The summed E-state index contributed by atoms with van der Waals surface area (Å²) in [6.45, 7) is 4.22. The Morgan fingerprint density at radius 1 is 1.21 bits per heavy atom. The van der Waals surface area contributed by atoms with Crippen LogP contribution in [0.25, 0.3) is 10.8 Å². The number of benzene rings is 1. The highest BCUT2D eigenvalue weighted by atomic mass is 19.1. The summed E-state index contributed by atoms with van der Waals surface area (Å²) in [6.07, 6.45) is 3.55. The second-order valence-corrected chi connectivity index (χ2v) is 3.75. The average Bonchev–Trinajstić information content (AvgIpc) is 2.16. The van der Waals surface area contributed by atoms with E-state index in [0.717, 1.165) is 10.8 Å². The number of nitrogens with zero attached hydrogens (tertiary/aromatic N) is 1. The highest BCUT2D eigenvalue weighted by Gasteiger charge is 2.05. The normalized spacial score (nSPS) is 11.1. The summed E-state index contributed by atoms with van der Waals surface area (Å²) in [5.41, 5.74) is 1.17. The van der Waals surface area contributed by atoms with Crippen LogP contribution in [-0.4, -0.2) is 4.98 Å². The van der Waals surface area contributed by atoms with Gasteiger partial charge in [-0.2, -0.15) is 0 Å². The minimum Gasteiger partial charge on any atom is -0.264 e. The van der Waals surface area contributed by atoms with Crippen molar-refractivity contribution in [3.05, 3.63) is 42.0 Å². The molecule has 0 radical (unpaired) electrons.